The fraction of sp³-hybridized carbons (Fsp3) is 0.308. The monoisotopic (exact) mass is 298 g/mol. The Kier molecular flexibility index (Phi) is 4.08. The van der Waals surface area contributed by atoms with Gasteiger partial charge >= 0.3 is 0 Å². The van der Waals surface area contributed by atoms with E-state index in [1.54, 1.807) is 18.2 Å². The molecular formula is C13H15ClN2O2S. The number of sulfonamides is 1. The molecule has 102 valence electrons. The summed E-state index contributed by atoms with van der Waals surface area (Å²) in [6.45, 7) is 4.18. The fourth-order valence-corrected chi connectivity index (χ4v) is 3.04. The van der Waals surface area contributed by atoms with Crippen molar-refractivity contribution in [3.8, 4) is 0 Å². The SMILES string of the molecule is CCCNS(=O)(=O)c1ccc2nc(Cl)c(C)cc2c1. The van der Waals surface area contributed by atoms with Crippen LogP contribution in [0.2, 0.25) is 5.15 Å². The Morgan fingerprint density at radius 2 is 2.05 bits per heavy atom. The zero-order chi connectivity index (χ0) is 14.0. The molecule has 6 heteroatoms. The maximum Gasteiger partial charge on any atom is 0.240 e. The second-order valence-corrected chi connectivity index (χ2v) is 6.47. The maximum atomic E-state index is 12.0. The number of nitrogens with zero attached hydrogens (tertiary/aromatic N) is 1. The lowest BCUT2D eigenvalue weighted by Crippen LogP contribution is -2.24. The molecule has 0 amide bonds. The lowest BCUT2D eigenvalue weighted by molar-refractivity contribution is 0.581. The Balaban J connectivity index is 2.50. The van der Waals surface area contributed by atoms with Gasteiger partial charge in [0.1, 0.15) is 5.15 Å². The molecule has 4 nitrogen and oxygen atoms in total. The van der Waals surface area contributed by atoms with Crippen LogP contribution in [0.1, 0.15) is 18.9 Å². The number of rotatable bonds is 4. The molecule has 0 aliphatic rings. The highest BCUT2D eigenvalue weighted by atomic mass is 35.5. The molecule has 0 bridgehead atoms. The molecule has 0 atom stereocenters. The minimum absolute atomic E-state index is 0.247. The van der Waals surface area contributed by atoms with E-state index in [1.165, 1.54) is 0 Å². The van der Waals surface area contributed by atoms with E-state index in [-0.39, 0.29) is 4.90 Å². The van der Waals surface area contributed by atoms with E-state index in [0.29, 0.717) is 17.2 Å². The fourth-order valence-electron chi connectivity index (χ4n) is 1.72. The van der Waals surface area contributed by atoms with Crippen LogP contribution in [-0.4, -0.2) is 19.9 Å². The Labute approximate surface area is 117 Å². The summed E-state index contributed by atoms with van der Waals surface area (Å²) in [7, 11) is -3.45. The van der Waals surface area contributed by atoms with Gasteiger partial charge in [0.2, 0.25) is 10.0 Å². The van der Waals surface area contributed by atoms with Crippen molar-refractivity contribution < 1.29 is 8.42 Å². The Bertz CT molecular complexity index is 714. The van der Waals surface area contributed by atoms with Crippen molar-refractivity contribution >= 4 is 32.5 Å². The largest absolute Gasteiger partial charge is 0.240 e. The quantitative estimate of drug-likeness (QED) is 0.883. The van der Waals surface area contributed by atoms with Crippen LogP contribution in [0.15, 0.2) is 29.2 Å². The first-order valence-electron chi connectivity index (χ1n) is 6.00. The summed E-state index contributed by atoms with van der Waals surface area (Å²) in [5.74, 6) is 0. The van der Waals surface area contributed by atoms with Crippen molar-refractivity contribution in [1.29, 1.82) is 0 Å². The predicted octanol–water partition coefficient (Wildman–Crippen LogP) is 2.88. The predicted molar refractivity (Wildman–Crippen MR) is 77.0 cm³/mol. The summed E-state index contributed by atoms with van der Waals surface area (Å²) < 4.78 is 26.6. The molecule has 0 aliphatic carbocycles. The number of halogens is 1. The van der Waals surface area contributed by atoms with E-state index >= 15 is 0 Å². The van der Waals surface area contributed by atoms with Gasteiger partial charge in [0.05, 0.1) is 10.4 Å². The first-order chi connectivity index (χ1) is 8.94. The van der Waals surface area contributed by atoms with Gasteiger partial charge in [-0.05, 0) is 43.2 Å². The van der Waals surface area contributed by atoms with Gasteiger partial charge in [0, 0.05) is 11.9 Å². The number of aryl methyl sites for hydroxylation is 1. The maximum absolute atomic E-state index is 12.0. The van der Waals surface area contributed by atoms with Gasteiger partial charge in [-0.2, -0.15) is 0 Å². The number of aromatic nitrogens is 1. The van der Waals surface area contributed by atoms with Gasteiger partial charge in [-0.1, -0.05) is 18.5 Å². The highest BCUT2D eigenvalue weighted by Gasteiger charge is 2.14. The van der Waals surface area contributed by atoms with E-state index in [4.69, 9.17) is 11.6 Å². The van der Waals surface area contributed by atoms with E-state index < -0.39 is 10.0 Å². The molecule has 0 saturated heterocycles. The van der Waals surface area contributed by atoms with Crippen molar-refractivity contribution in [2.24, 2.45) is 0 Å². The van der Waals surface area contributed by atoms with E-state index in [0.717, 1.165) is 17.4 Å². The van der Waals surface area contributed by atoms with E-state index in [2.05, 4.69) is 9.71 Å². The number of benzene rings is 1. The standard InChI is InChI=1S/C13H15ClN2O2S/c1-3-6-15-19(17,18)11-4-5-12-10(8-11)7-9(2)13(14)16-12/h4-5,7-8,15H,3,6H2,1-2H3. The molecule has 1 aromatic carbocycles. The summed E-state index contributed by atoms with van der Waals surface area (Å²) in [6, 6.07) is 6.66. The van der Waals surface area contributed by atoms with Crippen LogP contribution in [-0.2, 0) is 10.0 Å². The van der Waals surface area contributed by atoms with Crippen LogP contribution in [0.5, 0.6) is 0 Å². The minimum Gasteiger partial charge on any atom is -0.236 e. The van der Waals surface area contributed by atoms with Crippen molar-refractivity contribution in [2.75, 3.05) is 6.54 Å². The van der Waals surface area contributed by atoms with Gasteiger partial charge in [0.15, 0.2) is 0 Å². The molecule has 1 heterocycles. The zero-order valence-corrected chi connectivity index (χ0v) is 12.3. The second kappa shape index (κ2) is 5.45. The zero-order valence-electron chi connectivity index (χ0n) is 10.8. The first-order valence-corrected chi connectivity index (χ1v) is 7.86. The van der Waals surface area contributed by atoms with Gasteiger partial charge < -0.3 is 0 Å². The van der Waals surface area contributed by atoms with Crippen LogP contribution in [0.4, 0.5) is 0 Å². The third kappa shape index (κ3) is 3.05. The Hall–Kier alpha value is -1.17. The average Bonchev–Trinajstić information content (AvgIpc) is 2.37. The summed E-state index contributed by atoms with van der Waals surface area (Å²) in [5.41, 5.74) is 1.51. The number of nitrogens with one attached hydrogen (secondary N) is 1. The molecule has 0 aliphatic heterocycles. The highest BCUT2D eigenvalue weighted by Crippen LogP contribution is 2.22. The van der Waals surface area contributed by atoms with Gasteiger partial charge in [-0.25, -0.2) is 18.1 Å². The molecule has 0 saturated carbocycles. The van der Waals surface area contributed by atoms with Gasteiger partial charge in [0.25, 0.3) is 0 Å². The lowest BCUT2D eigenvalue weighted by Gasteiger charge is -2.07. The second-order valence-electron chi connectivity index (χ2n) is 4.35. The smallest absolute Gasteiger partial charge is 0.236 e. The molecular weight excluding hydrogens is 284 g/mol. The highest BCUT2D eigenvalue weighted by molar-refractivity contribution is 7.89. The van der Waals surface area contributed by atoms with Gasteiger partial charge in [-0.15, -0.1) is 0 Å². The third-order valence-electron chi connectivity index (χ3n) is 2.77. The summed E-state index contributed by atoms with van der Waals surface area (Å²) in [4.78, 5) is 4.46. The summed E-state index contributed by atoms with van der Waals surface area (Å²) in [6.07, 6.45) is 0.753. The van der Waals surface area contributed by atoms with Crippen molar-refractivity contribution in [3.63, 3.8) is 0 Å². The lowest BCUT2D eigenvalue weighted by atomic mass is 10.2. The number of pyridine rings is 1. The first kappa shape index (κ1) is 14.2. The van der Waals surface area contributed by atoms with E-state index in [9.17, 15) is 8.42 Å². The molecule has 1 aromatic heterocycles. The van der Waals surface area contributed by atoms with E-state index in [1.807, 2.05) is 19.9 Å². The normalized spacial score (nSPS) is 11.9. The molecule has 0 fully saturated rings. The Morgan fingerprint density at radius 3 is 2.74 bits per heavy atom. The third-order valence-corrected chi connectivity index (χ3v) is 4.61. The van der Waals surface area contributed by atoms with Crippen LogP contribution in [0, 0.1) is 6.92 Å². The number of fused-ring (bicyclic) bond motifs is 1. The van der Waals surface area contributed by atoms with Crippen LogP contribution >= 0.6 is 11.6 Å². The molecule has 0 radical (unpaired) electrons. The molecule has 19 heavy (non-hydrogen) atoms. The van der Waals surface area contributed by atoms with Crippen LogP contribution < -0.4 is 4.72 Å². The molecule has 0 spiro atoms. The summed E-state index contributed by atoms with van der Waals surface area (Å²) >= 11 is 5.94. The van der Waals surface area contributed by atoms with Crippen LogP contribution in [0.3, 0.4) is 0 Å². The Morgan fingerprint density at radius 1 is 1.32 bits per heavy atom. The minimum atomic E-state index is -3.45. The summed E-state index contributed by atoms with van der Waals surface area (Å²) in [5, 5.41) is 1.20. The van der Waals surface area contributed by atoms with Gasteiger partial charge in [-0.3, -0.25) is 0 Å². The molecule has 2 rings (SSSR count). The number of hydrogen-bond acceptors (Lipinski definition) is 3. The van der Waals surface area contributed by atoms with Crippen molar-refractivity contribution in [2.45, 2.75) is 25.2 Å². The molecule has 1 N–H and O–H groups in total. The van der Waals surface area contributed by atoms with Crippen LogP contribution in [0.25, 0.3) is 10.9 Å². The van der Waals surface area contributed by atoms with Crippen molar-refractivity contribution in [3.05, 3.63) is 35.0 Å². The topological polar surface area (TPSA) is 59.1 Å². The molecule has 2 aromatic rings. The number of hydrogen-bond donors (Lipinski definition) is 1. The average molecular weight is 299 g/mol. The van der Waals surface area contributed by atoms with Crippen molar-refractivity contribution in [1.82, 2.24) is 9.71 Å². The molecule has 0 unspecified atom stereocenters.